The maximum absolute atomic E-state index is 12.0. The van der Waals surface area contributed by atoms with E-state index in [-0.39, 0.29) is 11.8 Å². The maximum atomic E-state index is 12.0. The van der Waals surface area contributed by atoms with Crippen molar-refractivity contribution in [2.24, 2.45) is 5.92 Å². The molecule has 1 aliphatic heterocycles. The van der Waals surface area contributed by atoms with E-state index in [1.54, 1.807) is 18.2 Å². The summed E-state index contributed by atoms with van der Waals surface area (Å²) in [6.45, 7) is 3.29. The van der Waals surface area contributed by atoms with Crippen molar-refractivity contribution in [3.05, 3.63) is 29.3 Å². The van der Waals surface area contributed by atoms with Crippen molar-refractivity contribution in [1.82, 2.24) is 9.80 Å². The zero-order chi connectivity index (χ0) is 15.5. The summed E-state index contributed by atoms with van der Waals surface area (Å²) in [5.74, 6) is 0.518. The number of piperazine rings is 1. The van der Waals surface area contributed by atoms with E-state index in [9.17, 15) is 9.59 Å². The molecule has 22 heavy (non-hydrogen) atoms. The van der Waals surface area contributed by atoms with Gasteiger partial charge in [0.2, 0.25) is 11.8 Å². The van der Waals surface area contributed by atoms with Crippen LogP contribution in [0, 0.1) is 5.92 Å². The van der Waals surface area contributed by atoms with Crippen LogP contribution in [0.3, 0.4) is 0 Å². The fourth-order valence-corrected chi connectivity index (χ4v) is 2.87. The van der Waals surface area contributed by atoms with Crippen LogP contribution < -0.4 is 5.32 Å². The monoisotopic (exact) mass is 321 g/mol. The highest BCUT2D eigenvalue weighted by Gasteiger charge is 2.34. The van der Waals surface area contributed by atoms with Gasteiger partial charge in [-0.05, 0) is 31.0 Å². The average molecular weight is 322 g/mol. The van der Waals surface area contributed by atoms with Gasteiger partial charge in [0.05, 0.1) is 6.54 Å². The van der Waals surface area contributed by atoms with Crippen LogP contribution in [-0.2, 0) is 9.59 Å². The number of hydrogen-bond donors (Lipinski definition) is 1. The Morgan fingerprint density at radius 2 is 1.91 bits per heavy atom. The number of benzene rings is 1. The quantitative estimate of drug-likeness (QED) is 0.920. The van der Waals surface area contributed by atoms with Crippen LogP contribution in [0.2, 0.25) is 5.02 Å². The minimum atomic E-state index is -0.0516. The topological polar surface area (TPSA) is 52.7 Å². The molecule has 0 aromatic heterocycles. The lowest BCUT2D eigenvalue weighted by atomic mass is 10.2. The van der Waals surface area contributed by atoms with Crippen molar-refractivity contribution in [3.8, 4) is 0 Å². The van der Waals surface area contributed by atoms with Crippen molar-refractivity contribution in [2.45, 2.75) is 12.8 Å². The smallest absolute Gasteiger partial charge is 0.238 e. The molecule has 2 amide bonds. The van der Waals surface area contributed by atoms with Gasteiger partial charge < -0.3 is 10.2 Å². The van der Waals surface area contributed by atoms with Gasteiger partial charge in [0.1, 0.15) is 0 Å². The third-order valence-electron chi connectivity index (χ3n) is 4.09. The second kappa shape index (κ2) is 6.67. The minimum absolute atomic E-state index is 0.0516. The minimum Gasteiger partial charge on any atom is -0.340 e. The van der Waals surface area contributed by atoms with Gasteiger partial charge in [-0.1, -0.05) is 17.7 Å². The highest BCUT2D eigenvalue weighted by Crippen LogP contribution is 2.31. The van der Waals surface area contributed by atoms with E-state index < -0.39 is 0 Å². The van der Waals surface area contributed by atoms with E-state index in [2.05, 4.69) is 10.2 Å². The van der Waals surface area contributed by atoms with Crippen molar-refractivity contribution in [3.63, 3.8) is 0 Å². The Morgan fingerprint density at radius 3 is 2.55 bits per heavy atom. The first-order valence-electron chi connectivity index (χ1n) is 7.68. The van der Waals surface area contributed by atoms with E-state index >= 15 is 0 Å². The number of halogens is 1. The van der Waals surface area contributed by atoms with Crippen LogP contribution in [-0.4, -0.2) is 54.3 Å². The van der Waals surface area contributed by atoms with Gasteiger partial charge in [-0.15, -0.1) is 0 Å². The first kappa shape index (κ1) is 15.3. The number of hydrogen-bond acceptors (Lipinski definition) is 3. The van der Waals surface area contributed by atoms with Gasteiger partial charge in [0.15, 0.2) is 0 Å². The summed E-state index contributed by atoms with van der Waals surface area (Å²) in [5.41, 5.74) is 0.708. The van der Waals surface area contributed by atoms with E-state index in [0.29, 0.717) is 23.2 Å². The lowest BCUT2D eigenvalue weighted by molar-refractivity contribution is -0.134. The molecule has 0 atom stereocenters. The van der Waals surface area contributed by atoms with Crippen LogP contribution in [0.25, 0.3) is 0 Å². The molecule has 1 aromatic rings. The molecule has 0 spiro atoms. The van der Waals surface area contributed by atoms with Gasteiger partial charge >= 0.3 is 0 Å². The first-order valence-corrected chi connectivity index (χ1v) is 8.06. The van der Waals surface area contributed by atoms with Crippen molar-refractivity contribution < 1.29 is 9.59 Å². The normalized spacial score (nSPS) is 19.0. The van der Waals surface area contributed by atoms with Gasteiger partial charge in [0.25, 0.3) is 0 Å². The molecule has 6 heteroatoms. The van der Waals surface area contributed by atoms with Gasteiger partial charge in [-0.3, -0.25) is 14.5 Å². The summed E-state index contributed by atoms with van der Waals surface area (Å²) >= 11 is 5.90. The predicted molar refractivity (Wildman–Crippen MR) is 85.8 cm³/mol. The molecule has 1 saturated heterocycles. The summed E-state index contributed by atoms with van der Waals surface area (Å²) in [5, 5.41) is 3.45. The molecule has 1 saturated carbocycles. The fraction of sp³-hybridized carbons (Fsp3) is 0.500. The molecule has 2 fully saturated rings. The SMILES string of the molecule is O=C(CN1CCN(C(=O)C2CC2)CC1)Nc1cccc(Cl)c1. The number of amides is 2. The van der Waals surface area contributed by atoms with Crippen LogP contribution >= 0.6 is 11.6 Å². The zero-order valence-electron chi connectivity index (χ0n) is 12.4. The van der Waals surface area contributed by atoms with Crippen LogP contribution in [0.15, 0.2) is 24.3 Å². The molecule has 1 heterocycles. The molecule has 2 aliphatic rings. The number of nitrogens with zero attached hydrogens (tertiary/aromatic N) is 2. The molecular weight excluding hydrogens is 302 g/mol. The second-order valence-corrected chi connectivity index (χ2v) is 6.37. The van der Waals surface area contributed by atoms with Crippen LogP contribution in [0.4, 0.5) is 5.69 Å². The number of rotatable bonds is 4. The lowest BCUT2D eigenvalue weighted by Crippen LogP contribution is -2.50. The number of carbonyl (C=O) groups excluding carboxylic acids is 2. The fourth-order valence-electron chi connectivity index (χ4n) is 2.68. The molecule has 1 aliphatic carbocycles. The van der Waals surface area contributed by atoms with E-state index in [1.165, 1.54) is 0 Å². The standard InChI is InChI=1S/C16H20ClN3O2/c17-13-2-1-3-14(10-13)18-15(21)11-19-6-8-20(9-7-19)16(22)12-4-5-12/h1-3,10,12H,4-9,11H2,(H,18,21). The number of anilines is 1. The molecule has 1 N–H and O–H groups in total. The zero-order valence-corrected chi connectivity index (χ0v) is 13.2. The summed E-state index contributed by atoms with van der Waals surface area (Å²) in [6, 6.07) is 7.12. The van der Waals surface area contributed by atoms with E-state index in [0.717, 1.165) is 39.0 Å². The molecule has 1 aromatic carbocycles. The summed E-state index contributed by atoms with van der Waals surface area (Å²) in [6.07, 6.45) is 2.09. The molecular formula is C16H20ClN3O2. The third-order valence-corrected chi connectivity index (χ3v) is 4.32. The summed E-state index contributed by atoms with van der Waals surface area (Å²) < 4.78 is 0. The maximum Gasteiger partial charge on any atom is 0.238 e. The molecule has 0 bridgehead atoms. The molecule has 5 nitrogen and oxygen atoms in total. The molecule has 0 unspecified atom stereocenters. The average Bonchev–Trinajstić information content (AvgIpc) is 3.32. The Balaban J connectivity index is 1.44. The van der Waals surface area contributed by atoms with Gasteiger partial charge in [0, 0.05) is 42.8 Å². The Labute approximate surface area is 135 Å². The third kappa shape index (κ3) is 3.99. The van der Waals surface area contributed by atoms with Crippen molar-refractivity contribution >= 4 is 29.1 Å². The Hall–Kier alpha value is -1.59. The predicted octanol–water partition coefficient (Wildman–Crippen LogP) is 1.83. The highest BCUT2D eigenvalue weighted by molar-refractivity contribution is 6.30. The molecule has 0 radical (unpaired) electrons. The summed E-state index contributed by atoms with van der Waals surface area (Å²) in [7, 11) is 0. The van der Waals surface area contributed by atoms with Crippen molar-refractivity contribution in [2.75, 3.05) is 38.0 Å². The Morgan fingerprint density at radius 1 is 1.18 bits per heavy atom. The Bertz CT molecular complexity index is 566. The van der Waals surface area contributed by atoms with Crippen LogP contribution in [0.1, 0.15) is 12.8 Å². The highest BCUT2D eigenvalue weighted by atomic mass is 35.5. The lowest BCUT2D eigenvalue weighted by Gasteiger charge is -2.34. The largest absolute Gasteiger partial charge is 0.340 e. The number of nitrogens with one attached hydrogen (secondary N) is 1. The number of carbonyl (C=O) groups is 2. The first-order chi connectivity index (χ1) is 10.6. The Kier molecular flexibility index (Phi) is 4.64. The second-order valence-electron chi connectivity index (χ2n) is 5.93. The van der Waals surface area contributed by atoms with Gasteiger partial charge in [-0.25, -0.2) is 0 Å². The van der Waals surface area contributed by atoms with Gasteiger partial charge in [-0.2, -0.15) is 0 Å². The van der Waals surface area contributed by atoms with E-state index in [4.69, 9.17) is 11.6 Å². The van der Waals surface area contributed by atoms with Crippen molar-refractivity contribution in [1.29, 1.82) is 0 Å². The summed E-state index contributed by atoms with van der Waals surface area (Å²) in [4.78, 5) is 28.0. The molecule has 3 rings (SSSR count). The van der Waals surface area contributed by atoms with Crippen LogP contribution in [0.5, 0.6) is 0 Å². The molecule has 118 valence electrons. The van der Waals surface area contributed by atoms with E-state index in [1.807, 2.05) is 11.0 Å².